The molecule has 4 heteroatoms. The molecular weight excluding hydrogens is 300 g/mol. The molecule has 0 fully saturated rings. The highest BCUT2D eigenvalue weighted by Crippen LogP contribution is 2.40. The van der Waals surface area contributed by atoms with Crippen LogP contribution in [0.5, 0.6) is 0 Å². The summed E-state index contributed by atoms with van der Waals surface area (Å²) in [6.07, 6.45) is 3.52. The third kappa shape index (κ3) is 3.28. The minimum atomic E-state index is -0.827. The van der Waals surface area contributed by atoms with E-state index in [-0.39, 0.29) is 11.3 Å². The van der Waals surface area contributed by atoms with Crippen LogP contribution in [0.2, 0.25) is 0 Å². The van der Waals surface area contributed by atoms with E-state index in [2.05, 4.69) is 44.0 Å². The van der Waals surface area contributed by atoms with Gasteiger partial charge in [-0.15, -0.1) is 0 Å². The second-order valence-corrected chi connectivity index (χ2v) is 7.55. The number of pyridine rings is 1. The maximum atomic E-state index is 11.5. The lowest BCUT2D eigenvalue weighted by Crippen LogP contribution is -2.36. The Morgan fingerprint density at radius 3 is 2.50 bits per heavy atom. The second kappa shape index (κ2) is 6.27. The van der Waals surface area contributed by atoms with Crippen molar-refractivity contribution in [2.75, 3.05) is 13.1 Å². The highest BCUT2D eigenvalue weighted by molar-refractivity contribution is 5.67. The summed E-state index contributed by atoms with van der Waals surface area (Å²) in [6.45, 7) is 7.66. The Morgan fingerprint density at radius 1 is 1.17 bits per heavy atom. The van der Waals surface area contributed by atoms with Gasteiger partial charge in [-0.25, -0.2) is 4.79 Å². The average molecular weight is 324 g/mol. The van der Waals surface area contributed by atoms with Gasteiger partial charge in [-0.1, -0.05) is 39.0 Å². The topological polar surface area (TPSA) is 53.4 Å². The van der Waals surface area contributed by atoms with E-state index in [0.29, 0.717) is 13.1 Å². The molecule has 1 amide bonds. The van der Waals surface area contributed by atoms with Crippen molar-refractivity contribution in [2.45, 2.75) is 33.1 Å². The molecule has 0 bridgehead atoms. The predicted molar refractivity (Wildman–Crippen MR) is 95.2 cm³/mol. The van der Waals surface area contributed by atoms with Gasteiger partial charge in [-0.2, -0.15) is 0 Å². The van der Waals surface area contributed by atoms with Crippen LogP contribution in [0.1, 0.15) is 37.8 Å². The van der Waals surface area contributed by atoms with Gasteiger partial charge in [-0.3, -0.25) is 4.98 Å². The van der Waals surface area contributed by atoms with Crippen molar-refractivity contribution in [1.29, 1.82) is 0 Å². The fourth-order valence-corrected chi connectivity index (χ4v) is 3.47. The Morgan fingerprint density at radius 2 is 1.88 bits per heavy atom. The largest absolute Gasteiger partial charge is 0.465 e. The number of rotatable bonds is 1. The van der Waals surface area contributed by atoms with E-state index in [0.717, 1.165) is 17.5 Å². The zero-order chi connectivity index (χ0) is 17.3. The molecule has 0 saturated carbocycles. The molecule has 0 spiro atoms. The quantitative estimate of drug-likeness (QED) is 0.845. The fourth-order valence-electron chi connectivity index (χ4n) is 3.47. The van der Waals surface area contributed by atoms with Crippen LogP contribution < -0.4 is 0 Å². The van der Waals surface area contributed by atoms with E-state index >= 15 is 0 Å². The number of hydrogen-bond acceptors (Lipinski definition) is 2. The smallest absolute Gasteiger partial charge is 0.407 e. The number of carboxylic acid groups (broad SMARTS) is 1. The summed E-state index contributed by atoms with van der Waals surface area (Å²) in [5, 5.41) is 9.48. The first-order chi connectivity index (χ1) is 11.4. The normalized spacial score (nSPS) is 18.0. The van der Waals surface area contributed by atoms with Crippen LogP contribution in [0, 0.1) is 5.41 Å². The highest BCUT2D eigenvalue weighted by atomic mass is 16.4. The van der Waals surface area contributed by atoms with Gasteiger partial charge in [-0.05, 0) is 46.2 Å². The molecule has 0 aliphatic carbocycles. The van der Waals surface area contributed by atoms with Gasteiger partial charge in [0.2, 0.25) is 0 Å². The SMILES string of the molecule is CC(C)(C)C1CN(C(=O)O)CCc2cc(-c3ccncc3)ccc21. The zero-order valence-electron chi connectivity index (χ0n) is 14.5. The van der Waals surface area contributed by atoms with Crippen molar-refractivity contribution in [3.8, 4) is 11.1 Å². The van der Waals surface area contributed by atoms with E-state index in [1.54, 1.807) is 17.3 Å². The maximum Gasteiger partial charge on any atom is 0.407 e. The van der Waals surface area contributed by atoms with Crippen molar-refractivity contribution >= 4 is 6.09 Å². The van der Waals surface area contributed by atoms with E-state index in [9.17, 15) is 9.90 Å². The van der Waals surface area contributed by atoms with E-state index in [4.69, 9.17) is 0 Å². The summed E-state index contributed by atoms with van der Waals surface area (Å²) in [6, 6.07) is 10.6. The molecule has 0 saturated heterocycles. The standard InChI is InChI=1S/C20H24N2O2/c1-20(2,3)18-13-22(19(23)24)11-8-16-12-15(4-5-17(16)18)14-6-9-21-10-7-14/h4-7,9-10,12,18H,8,11,13H2,1-3H3,(H,23,24). The molecule has 1 atom stereocenters. The van der Waals surface area contributed by atoms with Crippen molar-refractivity contribution in [2.24, 2.45) is 5.41 Å². The number of carbonyl (C=O) groups is 1. The summed E-state index contributed by atoms with van der Waals surface area (Å²) >= 11 is 0. The Balaban J connectivity index is 2.04. The zero-order valence-corrected chi connectivity index (χ0v) is 14.5. The first kappa shape index (κ1) is 16.5. The Bertz CT molecular complexity index is 735. The first-order valence-electron chi connectivity index (χ1n) is 8.37. The minimum Gasteiger partial charge on any atom is -0.465 e. The van der Waals surface area contributed by atoms with Crippen molar-refractivity contribution < 1.29 is 9.90 Å². The molecule has 1 aliphatic heterocycles. The first-order valence-corrected chi connectivity index (χ1v) is 8.37. The van der Waals surface area contributed by atoms with Gasteiger partial charge < -0.3 is 10.0 Å². The fraction of sp³-hybridized carbons (Fsp3) is 0.400. The number of benzene rings is 1. The molecule has 2 heterocycles. The molecular formula is C20H24N2O2. The Hall–Kier alpha value is -2.36. The van der Waals surface area contributed by atoms with Crippen LogP contribution >= 0.6 is 0 Å². The van der Waals surface area contributed by atoms with E-state index in [1.165, 1.54) is 11.1 Å². The predicted octanol–water partition coefficient (Wildman–Crippen LogP) is 4.41. The number of hydrogen-bond donors (Lipinski definition) is 1. The van der Waals surface area contributed by atoms with Gasteiger partial charge in [0, 0.05) is 31.4 Å². The van der Waals surface area contributed by atoms with Gasteiger partial charge in [0.05, 0.1) is 0 Å². The van der Waals surface area contributed by atoms with Crippen molar-refractivity contribution in [3.63, 3.8) is 0 Å². The van der Waals surface area contributed by atoms with Crippen LogP contribution in [-0.4, -0.2) is 34.2 Å². The van der Waals surface area contributed by atoms with E-state index in [1.807, 2.05) is 12.1 Å². The third-order valence-corrected chi connectivity index (χ3v) is 4.90. The van der Waals surface area contributed by atoms with Crippen LogP contribution in [0.25, 0.3) is 11.1 Å². The number of aromatic nitrogens is 1. The third-order valence-electron chi connectivity index (χ3n) is 4.90. The molecule has 4 nitrogen and oxygen atoms in total. The number of nitrogens with zero attached hydrogens (tertiary/aromatic N) is 2. The molecule has 126 valence electrons. The Kier molecular flexibility index (Phi) is 4.31. The molecule has 0 radical (unpaired) electrons. The van der Waals surface area contributed by atoms with E-state index < -0.39 is 6.09 Å². The molecule has 1 unspecified atom stereocenters. The average Bonchev–Trinajstić information content (AvgIpc) is 2.74. The number of fused-ring (bicyclic) bond motifs is 1. The van der Waals surface area contributed by atoms with Crippen molar-refractivity contribution in [3.05, 3.63) is 53.9 Å². The number of amides is 1. The van der Waals surface area contributed by atoms with Crippen molar-refractivity contribution in [1.82, 2.24) is 9.88 Å². The highest BCUT2D eigenvalue weighted by Gasteiger charge is 2.33. The van der Waals surface area contributed by atoms with Gasteiger partial charge >= 0.3 is 6.09 Å². The summed E-state index contributed by atoms with van der Waals surface area (Å²) in [5.74, 6) is 0.192. The van der Waals surface area contributed by atoms with Gasteiger partial charge in [0.1, 0.15) is 0 Å². The van der Waals surface area contributed by atoms with Gasteiger partial charge in [0.15, 0.2) is 0 Å². The maximum absolute atomic E-state index is 11.5. The molecule has 24 heavy (non-hydrogen) atoms. The monoisotopic (exact) mass is 324 g/mol. The summed E-state index contributed by atoms with van der Waals surface area (Å²) in [4.78, 5) is 17.2. The molecule has 1 aromatic heterocycles. The molecule has 2 aromatic rings. The van der Waals surface area contributed by atoms with Crippen LogP contribution in [0.15, 0.2) is 42.7 Å². The lowest BCUT2D eigenvalue weighted by atomic mass is 9.74. The van der Waals surface area contributed by atoms with Crippen LogP contribution in [0.3, 0.4) is 0 Å². The summed E-state index contributed by atoms with van der Waals surface area (Å²) < 4.78 is 0. The van der Waals surface area contributed by atoms with Gasteiger partial charge in [0.25, 0.3) is 0 Å². The molecule has 1 aliphatic rings. The molecule has 1 aromatic carbocycles. The molecule has 3 rings (SSSR count). The lowest BCUT2D eigenvalue weighted by molar-refractivity contribution is 0.135. The summed E-state index contributed by atoms with van der Waals surface area (Å²) in [5.41, 5.74) is 4.84. The molecule has 1 N–H and O–H groups in total. The van der Waals surface area contributed by atoms with Crippen LogP contribution in [-0.2, 0) is 6.42 Å². The minimum absolute atomic E-state index is 0.00493. The summed E-state index contributed by atoms with van der Waals surface area (Å²) in [7, 11) is 0. The second-order valence-electron chi connectivity index (χ2n) is 7.55. The lowest BCUT2D eigenvalue weighted by Gasteiger charge is -2.33. The Labute approximate surface area is 143 Å². The van der Waals surface area contributed by atoms with Crippen LogP contribution in [0.4, 0.5) is 4.79 Å².